The Bertz CT molecular complexity index is 748. The number of esters is 1. The highest BCUT2D eigenvalue weighted by atomic mass is 32.2. The molecule has 140 valence electrons. The number of aryl methyl sites for hydroxylation is 2. The molecule has 0 unspecified atom stereocenters. The lowest BCUT2D eigenvalue weighted by atomic mass is 10.1. The molecule has 0 aromatic carbocycles. The van der Waals surface area contributed by atoms with E-state index in [1.54, 1.807) is 25.7 Å². The van der Waals surface area contributed by atoms with E-state index in [1.165, 1.54) is 0 Å². The smallest absolute Gasteiger partial charge is 0.341 e. The molecule has 1 aliphatic rings. The van der Waals surface area contributed by atoms with Gasteiger partial charge >= 0.3 is 5.97 Å². The average molecular weight is 371 g/mol. The molecule has 25 heavy (non-hydrogen) atoms. The number of rotatable bonds is 6. The molecule has 0 atom stereocenters. The van der Waals surface area contributed by atoms with Crippen LogP contribution in [0.1, 0.15) is 47.9 Å². The molecule has 8 nitrogen and oxygen atoms in total. The van der Waals surface area contributed by atoms with Gasteiger partial charge in [0.05, 0.1) is 13.2 Å². The molecule has 2 rings (SSSR count). The summed E-state index contributed by atoms with van der Waals surface area (Å²) in [5.74, 6) is -0.960. The minimum atomic E-state index is -4.03. The first-order valence-electron chi connectivity index (χ1n) is 8.41. The zero-order valence-electron chi connectivity index (χ0n) is 14.8. The van der Waals surface area contributed by atoms with Crippen LogP contribution in [-0.2, 0) is 19.6 Å². The maximum Gasteiger partial charge on any atom is 0.341 e. The lowest BCUT2D eigenvalue weighted by Crippen LogP contribution is -2.42. The number of hydrogen-bond donors (Lipinski definition) is 2. The lowest BCUT2D eigenvalue weighted by Gasteiger charge is -2.26. The topological polar surface area (TPSA) is 109 Å². The molecule has 2 N–H and O–H groups in total. The van der Waals surface area contributed by atoms with Gasteiger partial charge in [-0.1, -0.05) is 0 Å². The molecular formula is C16H25N3O5S. The second-order valence-corrected chi connectivity index (χ2v) is 7.77. The molecule has 0 aliphatic carbocycles. The first-order valence-corrected chi connectivity index (χ1v) is 9.90. The molecule has 0 bridgehead atoms. The van der Waals surface area contributed by atoms with Gasteiger partial charge in [-0.2, -0.15) is 0 Å². The molecule has 1 fully saturated rings. The largest absolute Gasteiger partial charge is 0.462 e. The Balaban J connectivity index is 2.19. The quantitative estimate of drug-likeness (QED) is 0.728. The average Bonchev–Trinajstić information content (AvgIpc) is 2.88. The summed E-state index contributed by atoms with van der Waals surface area (Å²) in [7, 11) is -4.03. The number of likely N-dealkylation sites (tertiary alicyclic amines) is 1. The first kappa shape index (κ1) is 19.5. The minimum absolute atomic E-state index is 0.0164. The number of sulfonamides is 1. The molecule has 9 heteroatoms. The fourth-order valence-corrected chi connectivity index (χ4v) is 4.44. The summed E-state index contributed by atoms with van der Waals surface area (Å²) in [5, 5.41) is 0. The minimum Gasteiger partial charge on any atom is -0.462 e. The highest BCUT2D eigenvalue weighted by molar-refractivity contribution is 7.89. The van der Waals surface area contributed by atoms with E-state index in [0.717, 1.165) is 19.3 Å². The molecular weight excluding hydrogens is 346 g/mol. The van der Waals surface area contributed by atoms with E-state index < -0.39 is 16.0 Å². The monoisotopic (exact) mass is 371 g/mol. The Hall–Kier alpha value is -1.87. The normalized spacial score (nSPS) is 15.2. The fourth-order valence-electron chi connectivity index (χ4n) is 3.03. The zero-order chi connectivity index (χ0) is 18.6. The molecule has 0 saturated carbocycles. The van der Waals surface area contributed by atoms with Gasteiger partial charge < -0.3 is 14.6 Å². The van der Waals surface area contributed by atoms with Crippen LogP contribution in [0.15, 0.2) is 4.90 Å². The Morgan fingerprint density at radius 3 is 2.40 bits per heavy atom. The van der Waals surface area contributed by atoms with Crippen LogP contribution >= 0.6 is 0 Å². The van der Waals surface area contributed by atoms with Crippen LogP contribution in [0, 0.1) is 13.8 Å². The van der Waals surface area contributed by atoms with E-state index >= 15 is 0 Å². The molecule has 1 amide bonds. The first-order chi connectivity index (χ1) is 11.8. The van der Waals surface area contributed by atoms with Crippen LogP contribution in [0.4, 0.5) is 0 Å². The molecule has 1 aliphatic heterocycles. The van der Waals surface area contributed by atoms with Crippen LogP contribution in [0.25, 0.3) is 0 Å². The highest BCUT2D eigenvalue weighted by Crippen LogP contribution is 2.24. The van der Waals surface area contributed by atoms with Crippen LogP contribution in [0.2, 0.25) is 0 Å². The van der Waals surface area contributed by atoms with Gasteiger partial charge in [-0.3, -0.25) is 4.79 Å². The van der Waals surface area contributed by atoms with Crippen molar-refractivity contribution >= 4 is 21.9 Å². The Kier molecular flexibility index (Phi) is 6.23. The van der Waals surface area contributed by atoms with Crippen molar-refractivity contribution in [3.05, 3.63) is 17.0 Å². The number of hydrogen-bond acceptors (Lipinski definition) is 5. The van der Waals surface area contributed by atoms with E-state index in [0.29, 0.717) is 24.5 Å². The highest BCUT2D eigenvalue weighted by Gasteiger charge is 2.30. The predicted molar refractivity (Wildman–Crippen MR) is 91.8 cm³/mol. The molecule has 0 spiro atoms. The van der Waals surface area contributed by atoms with Crippen LogP contribution in [-0.4, -0.2) is 56.4 Å². The lowest BCUT2D eigenvalue weighted by molar-refractivity contribution is -0.130. The summed E-state index contributed by atoms with van der Waals surface area (Å²) in [4.78, 5) is 28.7. The van der Waals surface area contributed by atoms with E-state index in [9.17, 15) is 18.0 Å². The van der Waals surface area contributed by atoms with Gasteiger partial charge in [-0.25, -0.2) is 17.9 Å². The van der Waals surface area contributed by atoms with Crippen molar-refractivity contribution in [3.8, 4) is 0 Å². The summed E-state index contributed by atoms with van der Waals surface area (Å²) >= 11 is 0. The number of piperidine rings is 1. The van der Waals surface area contributed by atoms with Crippen molar-refractivity contribution < 1.29 is 22.7 Å². The molecule has 1 aromatic rings. The predicted octanol–water partition coefficient (Wildman–Crippen LogP) is 1.10. The van der Waals surface area contributed by atoms with Crippen LogP contribution in [0.5, 0.6) is 0 Å². The second kappa shape index (κ2) is 8.01. The number of H-pyrrole nitrogens is 1. The van der Waals surface area contributed by atoms with Crippen molar-refractivity contribution in [2.24, 2.45) is 0 Å². The third kappa shape index (κ3) is 4.40. The van der Waals surface area contributed by atoms with Crippen LogP contribution in [0.3, 0.4) is 0 Å². The fraction of sp³-hybridized carbons (Fsp3) is 0.625. The van der Waals surface area contributed by atoms with E-state index in [4.69, 9.17) is 4.74 Å². The zero-order valence-corrected chi connectivity index (χ0v) is 15.7. The third-order valence-corrected chi connectivity index (χ3v) is 5.76. The summed E-state index contributed by atoms with van der Waals surface area (Å²) < 4.78 is 32.6. The number of nitrogens with one attached hydrogen (secondary N) is 2. The van der Waals surface area contributed by atoms with Crippen molar-refractivity contribution in [3.63, 3.8) is 0 Å². The van der Waals surface area contributed by atoms with Crippen molar-refractivity contribution in [1.82, 2.24) is 14.6 Å². The SMILES string of the molecule is CCOC(=O)c1c(C)[nH]c(C)c1S(=O)(=O)NCC(=O)N1CCCCC1. The number of nitrogens with zero attached hydrogens (tertiary/aromatic N) is 1. The van der Waals surface area contributed by atoms with Crippen molar-refractivity contribution in [1.29, 1.82) is 0 Å². The molecule has 1 saturated heterocycles. The second-order valence-electron chi connectivity index (χ2n) is 6.07. The van der Waals surface area contributed by atoms with Gasteiger partial charge in [0.2, 0.25) is 15.9 Å². The van der Waals surface area contributed by atoms with E-state index in [1.807, 2.05) is 0 Å². The number of carbonyl (C=O) groups is 2. The van der Waals surface area contributed by atoms with Gasteiger partial charge in [0.15, 0.2) is 0 Å². The number of amides is 1. The Morgan fingerprint density at radius 2 is 1.80 bits per heavy atom. The van der Waals surface area contributed by atoms with E-state index in [-0.39, 0.29) is 29.5 Å². The summed E-state index contributed by atoms with van der Waals surface area (Å²) in [6.45, 7) is 5.94. The van der Waals surface area contributed by atoms with E-state index in [2.05, 4.69) is 9.71 Å². The maximum absolute atomic E-state index is 12.7. The number of aromatic nitrogens is 1. The molecule has 2 heterocycles. The summed E-state index contributed by atoms with van der Waals surface area (Å²) in [6.07, 6.45) is 2.95. The number of ether oxygens (including phenoxy) is 1. The molecule has 0 radical (unpaired) electrons. The van der Waals surface area contributed by atoms with Gasteiger partial charge in [-0.15, -0.1) is 0 Å². The maximum atomic E-state index is 12.7. The van der Waals surface area contributed by atoms with Crippen molar-refractivity contribution in [2.75, 3.05) is 26.2 Å². The third-order valence-electron chi connectivity index (χ3n) is 4.19. The van der Waals surface area contributed by atoms with Gasteiger partial charge in [0.25, 0.3) is 0 Å². The van der Waals surface area contributed by atoms with Gasteiger partial charge in [0.1, 0.15) is 10.5 Å². The van der Waals surface area contributed by atoms with Gasteiger partial charge in [-0.05, 0) is 40.0 Å². The Morgan fingerprint density at radius 1 is 1.16 bits per heavy atom. The number of carbonyl (C=O) groups excluding carboxylic acids is 2. The number of aromatic amines is 1. The molecule has 1 aromatic heterocycles. The standard InChI is InChI=1S/C16H25N3O5S/c1-4-24-16(21)14-11(2)18-12(3)15(14)25(22,23)17-10-13(20)19-8-6-5-7-9-19/h17-18H,4-10H2,1-3H3. The Labute approximate surface area is 148 Å². The summed E-state index contributed by atoms with van der Waals surface area (Å²) in [5.41, 5.74) is 0.731. The van der Waals surface area contributed by atoms with Crippen molar-refractivity contribution in [2.45, 2.75) is 44.9 Å². The van der Waals surface area contributed by atoms with Crippen LogP contribution < -0.4 is 4.72 Å². The summed E-state index contributed by atoms with van der Waals surface area (Å²) in [6, 6.07) is 0. The van der Waals surface area contributed by atoms with Gasteiger partial charge in [0, 0.05) is 24.5 Å².